The van der Waals surface area contributed by atoms with Crippen molar-refractivity contribution in [2.24, 2.45) is 0 Å². The first kappa shape index (κ1) is 13.2. The Morgan fingerprint density at radius 1 is 1.26 bits per heavy atom. The molecule has 19 heavy (non-hydrogen) atoms. The Bertz CT molecular complexity index is 527. The molecule has 4 heteroatoms. The molecule has 0 bridgehead atoms. The van der Waals surface area contributed by atoms with Gasteiger partial charge in [0.2, 0.25) is 0 Å². The van der Waals surface area contributed by atoms with Crippen molar-refractivity contribution in [2.75, 3.05) is 12.8 Å². The first-order valence-electron chi connectivity index (χ1n) is 6.70. The molecule has 2 aromatic rings. The number of aromatic nitrogens is 1. The van der Waals surface area contributed by atoms with E-state index in [1.165, 1.54) is 35.4 Å². The summed E-state index contributed by atoms with van der Waals surface area (Å²) in [6.45, 7) is 1.12. The summed E-state index contributed by atoms with van der Waals surface area (Å²) in [5.74, 6) is 0. The molecule has 1 saturated heterocycles. The highest BCUT2D eigenvalue weighted by atomic mass is 32.2. The molecular weight excluding hydrogens is 272 g/mol. The average Bonchev–Trinajstić information content (AvgIpc) is 2.98. The highest BCUT2D eigenvalue weighted by Gasteiger charge is 2.17. The van der Waals surface area contributed by atoms with Crippen LogP contribution >= 0.6 is 23.1 Å². The molecular formula is C15H18N2S2. The van der Waals surface area contributed by atoms with Crippen LogP contribution in [0.5, 0.6) is 0 Å². The van der Waals surface area contributed by atoms with Gasteiger partial charge in [-0.1, -0.05) is 18.6 Å². The number of benzene rings is 1. The fourth-order valence-electron chi connectivity index (χ4n) is 2.42. The molecule has 2 heterocycles. The molecule has 3 rings (SSSR count). The lowest BCUT2D eigenvalue weighted by Crippen LogP contribution is -2.26. The van der Waals surface area contributed by atoms with Crippen LogP contribution in [0.3, 0.4) is 0 Å². The maximum atomic E-state index is 4.81. The molecule has 1 aliphatic heterocycles. The van der Waals surface area contributed by atoms with Crippen molar-refractivity contribution in [3.63, 3.8) is 0 Å². The van der Waals surface area contributed by atoms with Crippen molar-refractivity contribution < 1.29 is 0 Å². The third-order valence-electron chi connectivity index (χ3n) is 3.53. The molecule has 1 fully saturated rings. The van der Waals surface area contributed by atoms with Crippen LogP contribution in [0, 0.1) is 0 Å². The summed E-state index contributed by atoms with van der Waals surface area (Å²) in [5, 5.41) is 6.90. The van der Waals surface area contributed by atoms with Crippen LogP contribution in [0.2, 0.25) is 0 Å². The van der Waals surface area contributed by atoms with Gasteiger partial charge in [-0.3, -0.25) is 0 Å². The second-order valence-corrected chi connectivity index (χ2v) is 6.55. The SMILES string of the molecule is CSc1ccc(-c2nc(C3CCCCN3)cs2)cc1. The zero-order chi connectivity index (χ0) is 13.1. The minimum atomic E-state index is 0.462. The van der Waals surface area contributed by atoms with E-state index in [4.69, 9.17) is 4.98 Å². The van der Waals surface area contributed by atoms with Crippen LogP contribution in [0.4, 0.5) is 0 Å². The van der Waals surface area contributed by atoms with Gasteiger partial charge in [-0.25, -0.2) is 4.98 Å². The Hall–Kier alpha value is -0.840. The van der Waals surface area contributed by atoms with Crippen molar-refractivity contribution in [1.29, 1.82) is 0 Å². The van der Waals surface area contributed by atoms with E-state index >= 15 is 0 Å². The van der Waals surface area contributed by atoms with Gasteiger partial charge < -0.3 is 5.32 Å². The Morgan fingerprint density at radius 3 is 2.79 bits per heavy atom. The molecule has 0 spiro atoms. The molecule has 1 aromatic carbocycles. The first-order chi connectivity index (χ1) is 9.36. The molecule has 1 N–H and O–H groups in total. The predicted molar refractivity (Wildman–Crippen MR) is 83.9 cm³/mol. The monoisotopic (exact) mass is 290 g/mol. The number of hydrogen-bond donors (Lipinski definition) is 1. The van der Waals surface area contributed by atoms with Crippen molar-refractivity contribution in [1.82, 2.24) is 10.3 Å². The normalized spacial score (nSPS) is 19.5. The number of thioether (sulfide) groups is 1. The van der Waals surface area contributed by atoms with Crippen LogP contribution < -0.4 is 5.32 Å². The predicted octanol–water partition coefficient (Wildman–Crippen LogP) is 4.35. The maximum absolute atomic E-state index is 4.81. The van der Waals surface area contributed by atoms with Crippen molar-refractivity contribution >= 4 is 23.1 Å². The fourth-order valence-corrected chi connectivity index (χ4v) is 3.70. The summed E-state index contributed by atoms with van der Waals surface area (Å²) in [4.78, 5) is 6.11. The first-order valence-corrected chi connectivity index (χ1v) is 8.80. The molecule has 100 valence electrons. The number of rotatable bonds is 3. The lowest BCUT2D eigenvalue weighted by atomic mass is 10.0. The van der Waals surface area contributed by atoms with E-state index in [-0.39, 0.29) is 0 Å². The Labute approximate surface area is 122 Å². The Kier molecular flexibility index (Phi) is 4.21. The van der Waals surface area contributed by atoms with E-state index < -0.39 is 0 Å². The summed E-state index contributed by atoms with van der Waals surface area (Å²) in [6, 6.07) is 9.13. The van der Waals surface area contributed by atoms with E-state index in [2.05, 4.69) is 41.2 Å². The summed E-state index contributed by atoms with van der Waals surface area (Å²) in [6.07, 6.45) is 5.93. The Balaban J connectivity index is 1.79. The third-order valence-corrected chi connectivity index (χ3v) is 5.18. The lowest BCUT2D eigenvalue weighted by molar-refractivity contribution is 0.407. The summed E-state index contributed by atoms with van der Waals surface area (Å²) >= 11 is 3.53. The second kappa shape index (κ2) is 6.07. The van der Waals surface area contributed by atoms with Crippen molar-refractivity contribution in [3.05, 3.63) is 35.3 Å². The van der Waals surface area contributed by atoms with Crippen LogP contribution in [-0.4, -0.2) is 17.8 Å². The number of hydrogen-bond acceptors (Lipinski definition) is 4. The van der Waals surface area contributed by atoms with E-state index in [0.29, 0.717) is 6.04 Å². The molecule has 0 amide bonds. The minimum absolute atomic E-state index is 0.462. The van der Waals surface area contributed by atoms with E-state index in [1.807, 2.05) is 0 Å². The topological polar surface area (TPSA) is 24.9 Å². The van der Waals surface area contributed by atoms with Gasteiger partial charge in [-0.15, -0.1) is 23.1 Å². The molecule has 2 nitrogen and oxygen atoms in total. The third kappa shape index (κ3) is 3.02. The second-order valence-electron chi connectivity index (χ2n) is 4.81. The molecule has 1 unspecified atom stereocenters. The zero-order valence-electron chi connectivity index (χ0n) is 11.1. The standard InChI is InChI=1S/C15H18N2S2/c1-18-12-7-5-11(6-8-12)15-17-14(10-19-15)13-4-2-3-9-16-13/h5-8,10,13,16H,2-4,9H2,1H3. The molecule has 1 aliphatic rings. The highest BCUT2D eigenvalue weighted by molar-refractivity contribution is 7.98. The fraction of sp³-hybridized carbons (Fsp3) is 0.400. The minimum Gasteiger partial charge on any atom is -0.309 e. The summed E-state index contributed by atoms with van der Waals surface area (Å²) < 4.78 is 0. The smallest absolute Gasteiger partial charge is 0.123 e. The van der Waals surface area contributed by atoms with Gasteiger partial charge in [0.15, 0.2) is 0 Å². The largest absolute Gasteiger partial charge is 0.309 e. The number of piperidine rings is 1. The van der Waals surface area contributed by atoms with Crippen LogP contribution in [0.25, 0.3) is 10.6 Å². The van der Waals surface area contributed by atoms with Gasteiger partial charge in [-0.05, 0) is 37.8 Å². The van der Waals surface area contributed by atoms with Crippen LogP contribution in [0.15, 0.2) is 34.5 Å². The van der Waals surface area contributed by atoms with Crippen LogP contribution in [-0.2, 0) is 0 Å². The molecule has 1 aromatic heterocycles. The average molecular weight is 290 g/mol. The van der Waals surface area contributed by atoms with E-state index in [0.717, 1.165) is 11.6 Å². The number of thiazole rings is 1. The molecule has 1 atom stereocenters. The van der Waals surface area contributed by atoms with Gasteiger partial charge in [0.25, 0.3) is 0 Å². The Morgan fingerprint density at radius 2 is 2.11 bits per heavy atom. The zero-order valence-corrected chi connectivity index (χ0v) is 12.7. The van der Waals surface area contributed by atoms with Crippen LogP contribution in [0.1, 0.15) is 31.0 Å². The molecule has 0 aliphatic carbocycles. The van der Waals surface area contributed by atoms with E-state index in [9.17, 15) is 0 Å². The molecule has 0 radical (unpaired) electrons. The maximum Gasteiger partial charge on any atom is 0.123 e. The van der Waals surface area contributed by atoms with Gasteiger partial charge >= 0.3 is 0 Å². The van der Waals surface area contributed by atoms with Gasteiger partial charge in [0, 0.05) is 15.8 Å². The highest BCUT2D eigenvalue weighted by Crippen LogP contribution is 2.30. The van der Waals surface area contributed by atoms with Crippen molar-refractivity contribution in [3.8, 4) is 10.6 Å². The van der Waals surface area contributed by atoms with E-state index in [1.54, 1.807) is 23.1 Å². The number of nitrogens with zero attached hydrogens (tertiary/aromatic N) is 1. The molecule has 0 saturated carbocycles. The quantitative estimate of drug-likeness (QED) is 0.851. The van der Waals surface area contributed by atoms with Crippen molar-refractivity contribution in [2.45, 2.75) is 30.2 Å². The van der Waals surface area contributed by atoms with Gasteiger partial charge in [0.05, 0.1) is 11.7 Å². The number of nitrogens with one attached hydrogen (secondary N) is 1. The van der Waals surface area contributed by atoms with Gasteiger partial charge in [-0.2, -0.15) is 0 Å². The summed E-state index contributed by atoms with van der Waals surface area (Å²) in [5.41, 5.74) is 2.44. The summed E-state index contributed by atoms with van der Waals surface area (Å²) in [7, 11) is 0. The van der Waals surface area contributed by atoms with Gasteiger partial charge in [0.1, 0.15) is 5.01 Å². The lowest BCUT2D eigenvalue weighted by Gasteiger charge is -2.21.